The standard InChI is InChI=1S/C31H26ClN5O3S/c32-24-12-13-28(34-19-24)35-31(38)23-10-6-7-21(17-23)18-26-29(27-11-4-5-15-33-27)36-37(25-14-16-41(39,40)20-25)30(26)22-8-2-1-3-9-22/h1-13,15,17,19,25H,14,16,18,20H2,(H,34,35,38). The minimum Gasteiger partial charge on any atom is -0.307 e. The molecule has 8 nitrogen and oxygen atoms in total. The Labute approximate surface area is 243 Å². The molecule has 41 heavy (non-hydrogen) atoms. The van der Waals surface area contributed by atoms with Crippen LogP contribution in [0.25, 0.3) is 22.6 Å². The molecule has 1 saturated heterocycles. The van der Waals surface area contributed by atoms with Crippen LogP contribution in [0.1, 0.15) is 33.9 Å². The lowest BCUT2D eigenvalue weighted by Crippen LogP contribution is -2.14. The highest BCUT2D eigenvalue weighted by molar-refractivity contribution is 7.91. The van der Waals surface area contributed by atoms with Gasteiger partial charge in [0.15, 0.2) is 9.84 Å². The molecule has 0 bridgehead atoms. The Kier molecular flexibility index (Phi) is 7.38. The fourth-order valence-electron chi connectivity index (χ4n) is 5.14. The maximum atomic E-state index is 13.1. The molecule has 1 unspecified atom stereocenters. The van der Waals surface area contributed by atoms with Crippen LogP contribution >= 0.6 is 11.6 Å². The summed E-state index contributed by atoms with van der Waals surface area (Å²) in [4.78, 5) is 21.8. The van der Waals surface area contributed by atoms with Gasteiger partial charge in [-0.05, 0) is 48.4 Å². The normalized spacial score (nSPS) is 16.0. The van der Waals surface area contributed by atoms with Crippen LogP contribution in [0.2, 0.25) is 5.02 Å². The second-order valence-corrected chi connectivity index (χ2v) is 12.6. The lowest BCUT2D eigenvalue weighted by molar-refractivity contribution is 0.102. The summed E-state index contributed by atoms with van der Waals surface area (Å²) in [7, 11) is -3.15. The van der Waals surface area contributed by atoms with Crippen molar-refractivity contribution in [3.05, 3.63) is 119 Å². The first-order chi connectivity index (χ1) is 19.9. The first-order valence-corrected chi connectivity index (χ1v) is 15.4. The van der Waals surface area contributed by atoms with Crippen molar-refractivity contribution in [3.8, 4) is 22.6 Å². The number of hydrogen-bond acceptors (Lipinski definition) is 6. The van der Waals surface area contributed by atoms with Gasteiger partial charge in [-0.15, -0.1) is 0 Å². The summed E-state index contributed by atoms with van der Waals surface area (Å²) in [5.41, 5.74) is 5.47. The number of anilines is 1. The van der Waals surface area contributed by atoms with Gasteiger partial charge in [-0.3, -0.25) is 14.5 Å². The van der Waals surface area contributed by atoms with Crippen LogP contribution in [0, 0.1) is 0 Å². The number of halogens is 1. The Balaban J connectivity index is 1.43. The van der Waals surface area contributed by atoms with Crippen molar-refractivity contribution in [3.63, 3.8) is 0 Å². The van der Waals surface area contributed by atoms with E-state index in [0.29, 0.717) is 40.6 Å². The van der Waals surface area contributed by atoms with E-state index in [9.17, 15) is 13.2 Å². The van der Waals surface area contributed by atoms with E-state index in [4.69, 9.17) is 16.7 Å². The molecule has 1 aliphatic heterocycles. The van der Waals surface area contributed by atoms with Gasteiger partial charge in [0.05, 0.1) is 34.0 Å². The van der Waals surface area contributed by atoms with Crippen LogP contribution in [-0.4, -0.2) is 45.6 Å². The summed E-state index contributed by atoms with van der Waals surface area (Å²) >= 11 is 5.92. The predicted molar refractivity (Wildman–Crippen MR) is 160 cm³/mol. The average Bonchev–Trinajstić information content (AvgIpc) is 3.55. The van der Waals surface area contributed by atoms with Gasteiger partial charge in [-0.25, -0.2) is 13.4 Å². The van der Waals surface area contributed by atoms with Crippen LogP contribution in [0.15, 0.2) is 97.3 Å². The molecule has 6 rings (SSSR count). The van der Waals surface area contributed by atoms with E-state index in [1.54, 1.807) is 24.4 Å². The molecule has 5 aromatic rings. The van der Waals surface area contributed by atoms with Gasteiger partial charge in [-0.1, -0.05) is 60.1 Å². The molecule has 1 amide bonds. The predicted octanol–water partition coefficient (Wildman–Crippen LogP) is 5.86. The zero-order chi connectivity index (χ0) is 28.4. The van der Waals surface area contributed by atoms with Crippen molar-refractivity contribution in [2.45, 2.75) is 18.9 Å². The van der Waals surface area contributed by atoms with Crippen molar-refractivity contribution in [2.24, 2.45) is 0 Å². The Morgan fingerprint density at radius 3 is 2.51 bits per heavy atom. The second-order valence-electron chi connectivity index (χ2n) is 9.95. The van der Waals surface area contributed by atoms with Gasteiger partial charge in [0.2, 0.25) is 0 Å². The summed E-state index contributed by atoms with van der Waals surface area (Å²) in [5.74, 6) is 0.298. The summed E-state index contributed by atoms with van der Waals surface area (Å²) in [6.45, 7) is 0. The highest BCUT2D eigenvalue weighted by Gasteiger charge is 2.33. The molecule has 2 aromatic carbocycles. The SMILES string of the molecule is O=C(Nc1ccc(Cl)cn1)c1cccc(Cc2c(-c3ccccn3)nn(C3CCS(=O)(=O)C3)c2-c2ccccc2)c1. The number of carbonyl (C=O) groups excluding carboxylic acids is 1. The number of sulfone groups is 1. The summed E-state index contributed by atoms with van der Waals surface area (Å²) in [5, 5.41) is 8.31. The van der Waals surface area contributed by atoms with Crippen LogP contribution in [0.5, 0.6) is 0 Å². The quantitative estimate of drug-likeness (QED) is 0.257. The third-order valence-electron chi connectivity index (χ3n) is 7.06. The number of amides is 1. The lowest BCUT2D eigenvalue weighted by atomic mass is 9.96. The molecule has 0 radical (unpaired) electrons. The van der Waals surface area contributed by atoms with Crippen molar-refractivity contribution >= 4 is 33.2 Å². The minimum atomic E-state index is -3.15. The number of pyridine rings is 2. The van der Waals surface area contributed by atoms with Gasteiger partial charge >= 0.3 is 0 Å². The molecular formula is C31H26ClN5O3S. The minimum absolute atomic E-state index is 0.0456. The van der Waals surface area contributed by atoms with Crippen LogP contribution < -0.4 is 5.32 Å². The van der Waals surface area contributed by atoms with Crippen molar-refractivity contribution in [2.75, 3.05) is 16.8 Å². The molecule has 4 heterocycles. The van der Waals surface area contributed by atoms with Crippen LogP contribution in [0.4, 0.5) is 5.82 Å². The summed E-state index contributed by atoms with van der Waals surface area (Å²) in [6, 6.07) is 26.0. The molecule has 0 saturated carbocycles. The van der Waals surface area contributed by atoms with Gasteiger partial charge < -0.3 is 5.32 Å². The zero-order valence-corrected chi connectivity index (χ0v) is 23.5. The third-order valence-corrected chi connectivity index (χ3v) is 9.03. The maximum absolute atomic E-state index is 13.1. The topological polar surface area (TPSA) is 107 Å². The third kappa shape index (κ3) is 5.91. The zero-order valence-electron chi connectivity index (χ0n) is 21.9. The number of rotatable bonds is 7. The number of aromatic nitrogens is 4. The van der Waals surface area contributed by atoms with Crippen molar-refractivity contribution in [1.29, 1.82) is 0 Å². The fraction of sp³-hybridized carbons (Fsp3) is 0.161. The number of nitrogens with one attached hydrogen (secondary N) is 1. The number of benzene rings is 2. The number of nitrogens with zero attached hydrogens (tertiary/aromatic N) is 4. The van der Waals surface area contributed by atoms with Crippen molar-refractivity contribution < 1.29 is 13.2 Å². The molecule has 1 atom stereocenters. The van der Waals surface area contributed by atoms with E-state index >= 15 is 0 Å². The van der Waals surface area contributed by atoms with E-state index in [1.165, 1.54) is 6.20 Å². The van der Waals surface area contributed by atoms with Gasteiger partial charge in [0, 0.05) is 35.5 Å². The second kappa shape index (κ2) is 11.3. The van der Waals surface area contributed by atoms with E-state index in [-0.39, 0.29) is 23.5 Å². The molecule has 3 aromatic heterocycles. The number of hydrogen-bond donors (Lipinski definition) is 1. The molecule has 1 N–H and O–H groups in total. The van der Waals surface area contributed by atoms with E-state index in [0.717, 1.165) is 22.4 Å². The van der Waals surface area contributed by atoms with E-state index < -0.39 is 9.84 Å². The summed E-state index contributed by atoms with van der Waals surface area (Å²) < 4.78 is 26.8. The molecular weight excluding hydrogens is 558 g/mol. The molecule has 10 heteroatoms. The Hall–Kier alpha value is -4.34. The molecule has 0 aliphatic carbocycles. The molecule has 1 fully saturated rings. The van der Waals surface area contributed by atoms with Crippen LogP contribution in [0.3, 0.4) is 0 Å². The largest absolute Gasteiger partial charge is 0.307 e. The average molecular weight is 584 g/mol. The van der Waals surface area contributed by atoms with Gasteiger partial charge in [-0.2, -0.15) is 5.10 Å². The van der Waals surface area contributed by atoms with Crippen LogP contribution in [-0.2, 0) is 16.3 Å². The summed E-state index contributed by atoms with van der Waals surface area (Å²) in [6.07, 6.45) is 4.15. The fourth-order valence-corrected chi connectivity index (χ4v) is 6.95. The van der Waals surface area contributed by atoms with E-state index in [2.05, 4.69) is 15.3 Å². The first kappa shape index (κ1) is 26.9. The molecule has 206 valence electrons. The van der Waals surface area contributed by atoms with E-state index in [1.807, 2.05) is 71.4 Å². The lowest BCUT2D eigenvalue weighted by Gasteiger charge is -2.15. The highest BCUT2D eigenvalue weighted by Crippen LogP contribution is 2.37. The van der Waals surface area contributed by atoms with Crippen molar-refractivity contribution in [1.82, 2.24) is 19.7 Å². The molecule has 1 aliphatic rings. The Bertz CT molecular complexity index is 1810. The number of carbonyl (C=O) groups is 1. The van der Waals surface area contributed by atoms with Gasteiger partial charge in [0.1, 0.15) is 11.5 Å². The smallest absolute Gasteiger partial charge is 0.256 e. The maximum Gasteiger partial charge on any atom is 0.256 e. The highest BCUT2D eigenvalue weighted by atomic mass is 35.5. The Morgan fingerprint density at radius 1 is 0.976 bits per heavy atom. The Morgan fingerprint density at radius 2 is 1.80 bits per heavy atom. The van der Waals surface area contributed by atoms with Gasteiger partial charge in [0.25, 0.3) is 5.91 Å². The first-order valence-electron chi connectivity index (χ1n) is 13.2. The molecule has 0 spiro atoms. The monoisotopic (exact) mass is 583 g/mol.